The number of aliphatic hydroxyl groups excluding tert-OH is 3. The van der Waals surface area contributed by atoms with Crippen molar-refractivity contribution in [1.82, 2.24) is 5.32 Å². The van der Waals surface area contributed by atoms with Gasteiger partial charge in [0.05, 0.1) is 32.0 Å². The van der Waals surface area contributed by atoms with Crippen LogP contribution in [0.15, 0.2) is 18.2 Å². The van der Waals surface area contributed by atoms with E-state index in [0.717, 1.165) is 24.3 Å². The van der Waals surface area contributed by atoms with Crippen LogP contribution in [-0.2, 0) is 13.0 Å². The average molecular weight is 253 g/mol. The Hall–Kier alpha value is -1.14. The molecule has 1 aliphatic heterocycles. The molecule has 100 valence electrons. The summed E-state index contributed by atoms with van der Waals surface area (Å²) in [6.45, 7) is 0.269. The Labute approximate surface area is 106 Å². The maximum atomic E-state index is 9.21. The predicted octanol–water partition coefficient (Wildman–Crippen LogP) is -0.573. The number of hydrogen-bond donors (Lipinski definition) is 4. The minimum Gasteiger partial charge on any atom is -0.493 e. The lowest BCUT2D eigenvalue weighted by Gasteiger charge is -2.28. The van der Waals surface area contributed by atoms with Gasteiger partial charge in [-0.3, -0.25) is 0 Å². The van der Waals surface area contributed by atoms with Crippen LogP contribution in [0.5, 0.6) is 5.75 Å². The van der Waals surface area contributed by atoms with E-state index in [-0.39, 0.29) is 19.8 Å². The molecule has 1 aromatic carbocycles. The summed E-state index contributed by atoms with van der Waals surface area (Å²) in [5, 5.41) is 30.6. The summed E-state index contributed by atoms with van der Waals surface area (Å²) in [7, 11) is 0. The maximum Gasteiger partial charge on any atom is 0.122 e. The van der Waals surface area contributed by atoms with Gasteiger partial charge in [-0.15, -0.1) is 0 Å². The highest BCUT2D eigenvalue weighted by Gasteiger charge is 2.27. The zero-order valence-corrected chi connectivity index (χ0v) is 10.2. The van der Waals surface area contributed by atoms with Gasteiger partial charge in [0.1, 0.15) is 5.75 Å². The summed E-state index contributed by atoms with van der Waals surface area (Å²) in [6, 6.07) is 5.91. The molecule has 0 amide bonds. The third-order valence-corrected chi connectivity index (χ3v) is 3.33. The molecule has 0 fully saturated rings. The van der Waals surface area contributed by atoms with Gasteiger partial charge < -0.3 is 25.4 Å². The molecule has 18 heavy (non-hydrogen) atoms. The topological polar surface area (TPSA) is 82.0 Å². The monoisotopic (exact) mass is 253 g/mol. The Morgan fingerprint density at radius 2 is 1.89 bits per heavy atom. The molecule has 5 nitrogen and oxygen atoms in total. The Balaban J connectivity index is 2.01. The second-order valence-corrected chi connectivity index (χ2v) is 4.65. The molecule has 1 aliphatic rings. The average Bonchev–Trinajstić information content (AvgIpc) is 2.88. The standard InChI is InChI=1S/C13H19NO4/c15-7-13(8-16,9-17)14-6-10-1-2-12-11(5-10)3-4-18-12/h1-2,5,14-17H,3-4,6-9H2. The van der Waals surface area contributed by atoms with Crippen LogP contribution in [0.1, 0.15) is 11.1 Å². The van der Waals surface area contributed by atoms with Crippen molar-refractivity contribution in [3.05, 3.63) is 29.3 Å². The predicted molar refractivity (Wildman–Crippen MR) is 66.5 cm³/mol. The molecule has 0 saturated carbocycles. The zero-order valence-electron chi connectivity index (χ0n) is 10.2. The number of rotatable bonds is 6. The number of hydrogen-bond acceptors (Lipinski definition) is 5. The number of fused-ring (bicyclic) bond motifs is 1. The van der Waals surface area contributed by atoms with Crippen LogP contribution in [0.25, 0.3) is 0 Å². The van der Waals surface area contributed by atoms with Crippen LogP contribution in [0.2, 0.25) is 0 Å². The molecule has 0 unspecified atom stereocenters. The van der Waals surface area contributed by atoms with Gasteiger partial charge in [0.15, 0.2) is 0 Å². The van der Waals surface area contributed by atoms with Gasteiger partial charge in [-0.05, 0) is 17.2 Å². The van der Waals surface area contributed by atoms with Crippen molar-refractivity contribution < 1.29 is 20.1 Å². The van der Waals surface area contributed by atoms with E-state index in [4.69, 9.17) is 4.74 Å². The second kappa shape index (κ2) is 5.67. The van der Waals surface area contributed by atoms with E-state index in [1.54, 1.807) is 0 Å². The molecule has 0 saturated heterocycles. The Morgan fingerprint density at radius 3 is 2.56 bits per heavy atom. The minimum absolute atomic E-state index is 0.311. The number of benzene rings is 1. The largest absolute Gasteiger partial charge is 0.493 e. The first-order valence-corrected chi connectivity index (χ1v) is 6.05. The van der Waals surface area contributed by atoms with E-state index < -0.39 is 5.54 Å². The molecule has 0 aliphatic carbocycles. The van der Waals surface area contributed by atoms with E-state index >= 15 is 0 Å². The van der Waals surface area contributed by atoms with E-state index in [0.29, 0.717) is 6.54 Å². The first kappa shape index (κ1) is 13.3. The van der Waals surface area contributed by atoms with E-state index in [1.807, 2.05) is 18.2 Å². The fraction of sp³-hybridized carbons (Fsp3) is 0.538. The van der Waals surface area contributed by atoms with Gasteiger partial charge in [0, 0.05) is 13.0 Å². The van der Waals surface area contributed by atoms with Crippen molar-refractivity contribution in [3.63, 3.8) is 0 Å². The highest BCUT2D eigenvalue weighted by molar-refractivity contribution is 5.39. The first-order chi connectivity index (χ1) is 8.73. The quantitative estimate of drug-likeness (QED) is 0.546. The van der Waals surface area contributed by atoms with Gasteiger partial charge in [-0.25, -0.2) is 0 Å². The molecule has 0 bridgehead atoms. The lowest BCUT2D eigenvalue weighted by Crippen LogP contribution is -2.54. The SMILES string of the molecule is OCC(CO)(CO)NCc1ccc2c(c1)CCO2. The molecule has 0 aromatic heterocycles. The van der Waals surface area contributed by atoms with Crippen LogP contribution in [0.4, 0.5) is 0 Å². The van der Waals surface area contributed by atoms with Crippen LogP contribution in [-0.4, -0.2) is 47.3 Å². The Morgan fingerprint density at radius 1 is 1.17 bits per heavy atom. The summed E-state index contributed by atoms with van der Waals surface area (Å²) in [6.07, 6.45) is 0.911. The first-order valence-electron chi connectivity index (χ1n) is 6.05. The van der Waals surface area contributed by atoms with Crippen molar-refractivity contribution in [1.29, 1.82) is 0 Å². The van der Waals surface area contributed by atoms with Gasteiger partial charge in [0.25, 0.3) is 0 Å². The molecular weight excluding hydrogens is 234 g/mol. The number of nitrogens with one attached hydrogen (secondary N) is 1. The molecule has 4 N–H and O–H groups in total. The number of ether oxygens (including phenoxy) is 1. The third kappa shape index (κ3) is 2.64. The van der Waals surface area contributed by atoms with E-state index in [1.165, 1.54) is 5.56 Å². The smallest absolute Gasteiger partial charge is 0.122 e. The third-order valence-electron chi connectivity index (χ3n) is 3.33. The van der Waals surface area contributed by atoms with Crippen LogP contribution >= 0.6 is 0 Å². The highest BCUT2D eigenvalue weighted by Crippen LogP contribution is 2.25. The summed E-state index contributed by atoms with van der Waals surface area (Å²) < 4.78 is 5.42. The number of aliphatic hydroxyl groups is 3. The van der Waals surface area contributed by atoms with Crippen LogP contribution < -0.4 is 10.1 Å². The molecular formula is C13H19NO4. The van der Waals surface area contributed by atoms with Crippen molar-refractivity contribution in [2.75, 3.05) is 26.4 Å². The molecule has 5 heteroatoms. The maximum absolute atomic E-state index is 9.21. The second-order valence-electron chi connectivity index (χ2n) is 4.65. The van der Waals surface area contributed by atoms with Crippen molar-refractivity contribution in [3.8, 4) is 5.75 Å². The molecule has 0 spiro atoms. The summed E-state index contributed by atoms with van der Waals surface area (Å²) in [5.74, 6) is 0.927. The van der Waals surface area contributed by atoms with Crippen LogP contribution in [0, 0.1) is 0 Å². The molecule has 0 atom stereocenters. The molecule has 2 rings (SSSR count). The van der Waals surface area contributed by atoms with Crippen molar-refractivity contribution in [2.24, 2.45) is 0 Å². The molecule has 1 aromatic rings. The Bertz CT molecular complexity index is 396. The summed E-state index contributed by atoms with van der Waals surface area (Å²) in [4.78, 5) is 0. The van der Waals surface area contributed by atoms with Crippen molar-refractivity contribution >= 4 is 0 Å². The zero-order chi connectivity index (χ0) is 13.0. The van der Waals surface area contributed by atoms with Crippen LogP contribution in [0.3, 0.4) is 0 Å². The normalized spacial score (nSPS) is 14.4. The van der Waals surface area contributed by atoms with E-state index in [9.17, 15) is 15.3 Å². The van der Waals surface area contributed by atoms with E-state index in [2.05, 4.69) is 5.32 Å². The highest BCUT2D eigenvalue weighted by atomic mass is 16.5. The fourth-order valence-electron chi connectivity index (χ4n) is 1.96. The fourth-order valence-corrected chi connectivity index (χ4v) is 1.96. The van der Waals surface area contributed by atoms with Gasteiger partial charge >= 0.3 is 0 Å². The van der Waals surface area contributed by atoms with Crippen molar-refractivity contribution in [2.45, 2.75) is 18.5 Å². The Kier molecular flexibility index (Phi) is 4.19. The molecule has 1 heterocycles. The minimum atomic E-state index is -1.03. The van der Waals surface area contributed by atoms with Gasteiger partial charge in [-0.2, -0.15) is 0 Å². The lowest BCUT2D eigenvalue weighted by molar-refractivity contribution is 0.0414. The molecule has 0 radical (unpaired) electrons. The summed E-state index contributed by atoms with van der Waals surface area (Å²) >= 11 is 0. The van der Waals surface area contributed by atoms with Gasteiger partial charge in [0.2, 0.25) is 0 Å². The van der Waals surface area contributed by atoms with Gasteiger partial charge in [-0.1, -0.05) is 12.1 Å². The summed E-state index contributed by atoms with van der Waals surface area (Å²) in [5.41, 5.74) is 1.19. The lowest BCUT2D eigenvalue weighted by atomic mass is 10.0.